The van der Waals surface area contributed by atoms with Crippen molar-refractivity contribution in [3.63, 3.8) is 0 Å². The molecule has 26 heavy (non-hydrogen) atoms. The number of hydrogen-bond donors (Lipinski definition) is 1. The quantitative estimate of drug-likeness (QED) is 0.497. The molecule has 0 unspecified atom stereocenters. The van der Waals surface area contributed by atoms with Crippen LogP contribution in [0.15, 0.2) is 47.4 Å². The number of ketones is 1. The first-order chi connectivity index (χ1) is 12.4. The number of hydrogen-bond acceptors (Lipinski definition) is 5. The maximum atomic E-state index is 13.2. The standard InChI is InChI=1S/C19H19FN2O3S/c1-21(2)9-10-22-16(14-4-3-11-26-14)15(18(24)19(22)25)17(23)12-5-7-13(20)8-6-12/h3-8,11,16,23H,9-10H2,1-2H3/t16-/m1/s1. The summed E-state index contributed by atoms with van der Waals surface area (Å²) in [4.78, 5) is 29.4. The molecule has 0 saturated carbocycles. The Balaban J connectivity index is 2.09. The summed E-state index contributed by atoms with van der Waals surface area (Å²) in [6.07, 6.45) is 0. The molecule has 7 heteroatoms. The topological polar surface area (TPSA) is 60.9 Å². The zero-order chi connectivity index (χ0) is 18.8. The van der Waals surface area contributed by atoms with E-state index in [4.69, 9.17) is 0 Å². The Morgan fingerprint density at radius 1 is 1.23 bits per heavy atom. The largest absolute Gasteiger partial charge is 0.507 e. The fraction of sp³-hybridized carbons (Fsp3) is 0.263. The Labute approximate surface area is 155 Å². The molecule has 2 aromatic rings. The van der Waals surface area contributed by atoms with Crippen molar-refractivity contribution in [3.8, 4) is 0 Å². The molecule has 1 fully saturated rings. The number of halogens is 1. The number of amides is 1. The summed E-state index contributed by atoms with van der Waals surface area (Å²) >= 11 is 1.42. The van der Waals surface area contributed by atoms with Gasteiger partial charge < -0.3 is 14.9 Å². The predicted molar refractivity (Wildman–Crippen MR) is 98.3 cm³/mol. The highest BCUT2D eigenvalue weighted by Gasteiger charge is 2.46. The molecule has 0 spiro atoms. The smallest absolute Gasteiger partial charge is 0.295 e. The van der Waals surface area contributed by atoms with E-state index in [1.165, 1.54) is 40.5 Å². The fourth-order valence-electron chi connectivity index (χ4n) is 2.92. The van der Waals surface area contributed by atoms with E-state index >= 15 is 0 Å². The van der Waals surface area contributed by atoms with Crippen molar-refractivity contribution in [2.45, 2.75) is 6.04 Å². The van der Waals surface area contributed by atoms with Crippen LogP contribution in [0.25, 0.3) is 5.76 Å². The summed E-state index contributed by atoms with van der Waals surface area (Å²) in [5, 5.41) is 12.6. The van der Waals surface area contributed by atoms with Crippen LogP contribution in [0, 0.1) is 5.82 Å². The second-order valence-corrected chi connectivity index (χ2v) is 7.30. The minimum absolute atomic E-state index is 0.0443. The zero-order valence-corrected chi connectivity index (χ0v) is 15.3. The Kier molecular flexibility index (Phi) is 5.20. The summed E-state index contributed by atoms with van der Waals surface area (Å²) in [5.74, 6) is -2.07. The first-order valence-electron chi connectivity index (χ1n) is 8.12. The molecule has 0 aliphatic carbocycles. The molecule has 1 aromatic heterocycles. The number of likely N-dealkylation sites (N-methyl/N-ethyl adjacent to an activating group) is 1. The van der Waals surface area contributed by atoms with Crippen molar-refractivity contribution in [2.24, 2.45) is 0 Å². The van der Waals surface area contributed by atoms with Gasteiger partial charge in [-0.05, 0) is 49.8 Å². The molecule has 1 aliphatic heterocycles. The van der Waals surface area contributed by atoms with Crippen molar-refractivity contribution in [1.82, 2.24) is 9.80 Å². The molecule has 3 rings (SSSR count). The third-order valence-corrected chi connectivity index (χ3v) is 5.18. The Morgan fingerprint density at radius 2 is 1.92 bits per heavy atom. The number of aliphatic hydroxyl groups excluding tert-OH is 1. The van der Waals surface area contributed by atoms with Crippen LogP contribution >= 0.6 is 11.3 Å². The number of aliphatic hydroxyl groups is 1. The minimum Gasteiger partial charge on any atom is -0.507 e. The van der Waals surface area contributed by atoms with E-state index in [0.717, 1.165) is 4.88 Å². The van der Waals surface area contributed by atoms with Crippen LogP contribution in [0.2, 0.25) is 0 Å². The van der Waals surface area contributed by atoms with Gasteiger partial charge in [-0.25, -0.2) is 4.39 Å². The lowest BCUT2D eigenvalue weighted by molar-refractivity contribution is -0.140. The van der Waals surface area contributed by atoms with E-state index in [2.05, 4.69) is 0 Å². The highest BCUT2D eigenvalue weighted by molar-refractivity contribution is 7.10. The van der Waals surface area contributed by atoms with E-state index in [1.54, 1.807) is 0 Å². The Morgan fingerprint density at radius 3 is 2.50 bits per heavy atom. The first-order valence-corrected chi connectivity index (χ1v) is 9.00. The van der Waals surface area contributed by atoms with Gasteiger partial charge in [0.2, 0.25) is 0 Å². The number of nitrogens with zero attached hydrogens (tertiary/aromatic N) is 2. The highest BCUT2D eigenvalue weighted by Crippen LogP contribution is 2.40. The molecule has 1 amide bonds. The normalized spacial score (nSPS) is 19.5. The van der Waals surface area contributed by atoms with Gasteiger partial charge in [0.15, 0.2) is 0 Å². The second kappa shape index (κ2) is 7.39. The summed E-state index contributed by atoms with van der Waals surface area (Å²) in [6.45, 7) is 0.950. The maximum absolute atomic E-state index is 13.2. The van der Waals surface area contributed by atoms with E-state index in [9.17, 15) is 19.1 Å². The van der Waals surface area contributed by atoms with Gasteiger partial charge in [0.1, 0.15) is 11.6 Å². The van der Waals surface area contributed by atoms with Crippen molar-refractivity contribution in [3.05, 3.63) is 63.6 Å². The van der Waals surface area contributed by atoms with Crippen LogP contribution in [0.5, 0.6) is 0 Å². The van der Waals surface area contributed by atoms with Crippen molar-refractivity contribution in [1.29, 1.82) is 0 Å². The van der Waals surface area contributed by atoms with Gasteiger partial charge in [-0.15, -0.1) is 11.3 Å². The molecule has 5 nitrogen and oxygen atoms in total. The average Bonchev–Trinajstić information content (AvgIpc) is 3.21. The van der Waals surface area contributed by atoms with E-state index in [-0.39, 0.29) is 11.3 Å². The lowest BCUT2D eigenvalue weighted by atomic mass is 10.00. The van der Waals surface area contributed by atoms with Gasteiger partial charge in [-0.2, -0.15) is 0 Å². The molecular weight excluding hydrogens is 355 g/mol. The second-order valence-electron chi connectivity index (χ2n) is 6.32. The van der Waals surface area contributed by atoms with Gasteiger partial charge in [0, 0.05) is 23.5 Å². The number of carbonyl (C=O) groups excluding carboxylic acids is 2. The molecule has 1 aromatic carbocycles. The molecule has 1 aliphatic rings. The van der Waals surface area contributed by atoms with Crippen LogP contribution in [-0.4, -0.2) is 53.8 Å². The Hall–Kier alpha value is -2.51. The molecule has 136 valence electrons. The summed E-state index contributed by atoms with van der Waals surface area (Å²) in [7, 11) is 3.77. The SMILES string of the molecule is CN(C)CCN1C(=O)C(=O)C(=C(O)c2ccc(F)cc2)[C@H]1c1cccs1. The number of Topliss-reactive ketones (excluding diaryl/α,β-unsaturated/α-hetero) is 1. The maximum Gasteiger partial charge on any atom is 0.295 e. The monoisotopic (exact) mass is 374 g/mol. The lowest BCUT2D eigenvalue weighted by Crippen LogP contribution is -2.35. The molecule has 1 N–H and O–H groups in total. The van der Waals surface area contributed by atoms with E-state index in [1.807, 2.05) is 36.5 Å². The molecule has 1 atom stereocenters. The van der Waals surface area contributed by atoms with Crippen LogP contribution in [0.3, 0.4) is 0 Å². The van der Waals surface area contributed by atoms with E-state index < -0.39 is 23.5 Å². The number of rotatable bonds is 5. The van der Waals surface area contributed by atoms with Gasteiger partial charge in [0.05, 0.1) is 11.6 Å². The average molecular weight is 374 g/mol. The third kappa shape index (κ3) is 3.40. The van der Waals surface area contributed by atoms with Crippen LogP contribution in [0.1, 0.15) is 16.5 Å². The van der Waals surface area contributed by atoms with Gasteiger partial charge >= 0.3 is 0 Å². The zero-order valence-electron chi connectivity index (χ0n) is 14.5. The van der Waals surface area contributed by atoms with Gasteiger partial charge in [-0.1, -0.05) is 6.07 Å². The number of likely N-dealkylation sites (tertiary alicyclic amines) is 1. The number of benzene rings is 1. The molecular formula is C19H19FN2O3S. The molecule has 2 heterocycles. The van der Waals surface area contributed by atoms with Crippen LogP contribution in [-0.2, 0) is 9.59 Å². The van der Waals surface area contributed by atoms with Gasteiger partial charge in [0.25, 0.3) is 11.7 Å². The summed E-state index contributed by atoms with van der Waals surface area (Å²) in [5.41, 5.74) is 0.348. The fourth-order valence-corrected chi connectivity index (χ4v) is 3.77. The molecule has 0 radical (unpaired) electrons. The number of thiophene rings is 1. The van der Waals surface area contributed by atoms with Crippen LogP contribution < -0.4 is 0 Å². The van der Waals surface area contributed by atoms with Crippen LogP contribution in [0.4, 0.5) is 4.39 Å². The number of carbonyl (C=O) groups is 2. The Bertz CT molecular complexity index is 844. The molecule has 1 saturated heterocycles. The van der Waals surface area contributed by atoms with E-state index in [0.29, 0.717) is 18.7 Å². The first kappa shape index (κ1) is 18.3. The molecule has 0 bridgehead atoms. The van der Waals surface area contributed by atoms with Crippen molar-refractivity contribution < 1.29 is 19.1 Å². The summed E-state index contributed by atoms with van der Waals surface area (Å²) in [6, 6.07) is 8.23. The van der Waals surface area contributed by atoms with Crippen molar-refractivity contribution >= 4 is 28.8 Å². The summed E-state index contributed by atoms with van der Waals surface area (Å²) < 4.78 is 13.2. The lowest BCUT2D eigenvalue weighted by Gasteiger charge is -2.25. The minimum atomic E-state index is -0.719. The third-order valence-electron chi connectivity index (χ3n) is 4.26. The highest BCUT2D eigenvalue weighted by atomic mass is 32.1. The predicted octanol–water partition coefficient (Wildman–Crippen LogP) is 2.87. The van der Waals surface area contributed by atoms with Crippen molar-refractivity contribution in [2.75, 3.05) is 27.2 Å². The van der Waals surface area contributed by atoms with Gasteiger partial charge in [-0.3, -0.25) is 9.59 Å².